The van der Waals surface area contributed by atoms with Crippen LogP contribution in [0.15, 0.2) is 23.8 Å². The number of ether oxygens (including phenoxy) is 3. The lowest BCUT2D eigenvalue weighted by Crippen LogP contribution is -2.50. The van der Waals surface area contributed by atoms with E-state index in [4.69, 9.17) is 14.2 Å². The van der Waals surface area contributed by atoms with Crippen LogP contribution in [0.2, 0.25) is 0 Å². The van der Waals surface area contributed by atoms with Gasteiger partial charge in [-0.25, -0.2) is 0 Å². The maximum Gasteiger partial charge on any atom is 0.293 e. The van der Waals surface area contributed by atoms with Gasteiger partial charge in [0.15, 0.2) is 11.5 Å². The van der Waals surface area contributed by atoms with Crippen molar-refractivity contribution >= 4 is 6.47 Å². The minimum atomic E-state index is -0.771. The Balaban J connectivity index is 1.68. The quantitative estimate of drug-likeness (QED) is 0.647. The van der Waals surface area contributed by atoms with Crippen molar-refractivity contribution in [3.63, 3.8) is 0 Å². The van der Waals surface area contributed by atoms with E-state index in [1.807, 2.05) is 18.2 Å². The van der Waals surface area contributed by atoms with Crippen molar-refractivity contribution in [2.45, 2.75) is 37.1 Å². The van der Waals surface area contributed by atoms with Crippen LogP contribution in [-0.2, 0) is 16.1 Å². The number of benzene rings is 1. The van der Waals surface area contributed by atoms with Crippen LogP contribution in [0.5, 0.6) is 11.5 Å². The lowest BCUT2D eigenvalue weighted by molar-refractivity contribution is -0.141. The van der Waals surface area contributed by atoms with Gasteiger partial charge >= 0.3 is 0 Å². The standard InChI is InChI=1S/C17H17NO5/c19-7-21-17-12(20)3-9-1-2-18-6-10-4-13-14(23-8-22-13)5-11(10)15(17)16(9)18/h3-5,7,12,15-17,20H,1-2,6,8H2. The molecule has 4 aliphatic rings. The van der Waals surface area contributed by atoms with E-state index in [1.54, 1.807) is 0 Å². The van der Waals surface area contributed by atoms with Crippen molar-refractivity contribution in [3.8, 4) is 11.5 Å². The van der Waals surface area contributed by atoms with Gasteiger partial charge in [-0.05, 0) is 29.7 Å². The van der Waals surface area contributed by atoms with Crippen molar-refractivity contribution in [2.24, 2.45) is 0 Å². The SMILES string of the molecule is O=COC1C(O)C=C2CCN3Cc4cc5c(cc4C1C23)OCO5. The molecule has 4 unspecified atom stereocenters. The highest BCUT2D eigenvalue weighted by molar-refractivity contribution is 5.54. The molecule has 1 aromatic carbocycles. The molecule has 0 amide bonds. The molecule has 23 heavy (non-hydrogen) atoms. The van der Waals surface area contributed by atoms with Gasteiger partial charge in [0, 0.05) is 25.0 Å². The number of aliphatic hydroxyl groups is 1. The first-order valence-corrected chi connectivity index (χ1v) is 7.90. The topological polar surface area (TPSA) is 68.2 Å². The summed E-state index contributed by atoms with van der Waals surface area (Å²) in [7, 11) is 0. The van der Waals surface area contributed by atoms with E-state index in [0.717, 1.165) is 42.1 Å². The minimum absolute atomic E-state index is 0.0732. The molecule has 3 aliphatic heterocycles. The van der Waals surface area contributed by atoms with E-state index in [9.17, 15) is 9.90 Å². The molecule has 1 N–H and O–H groups in total. The van der Waals surface area contributed by atoms with E-state index in [2.05, 4.69) is 4.90 Å². The Hall–Kier alpha value is -2.05. The Bertz CT molecular complexity index is 715. The monoisotopic (exact) mass is 315 g/mol. The van der Waals surface area contributed by atoms with E-state index in [1.165, 1.54) is 5.57 Å². The third-order valence-electron chi connectivity index (χ3n) is 5.46. The van der Waals surface area contributed by atoms with Gasteiger partial charge in [-0.15, -0.1) is 0 Å². The van der Waals surface area contributed by atoms with Crippen molar-refractivity contribution in [3.05, 3.63) is 34.9 Å². The van der Waals surface area contributed by atoms with Gasteiger partial charge in [0.2, 0.25) is 6.79 Å². The molecule has 0 spiro atoms. The second-order valence-corrected chi connectivity index (χ2v) is 6.52. The van der Waals surface area contributed by atoms with E-state index >= 15 is 0 Å². The molecule has 1 saturated heterocycles. The Morgan fingerprint density at radius 3 is 2.96 bits per heavy atom. The fourth-order valence-corrected chi connectivity index (χ4v) is 4.56. The van der Waals surface area contributed by atoms with Crippen LogP contribution in [0.3, 0.4) is 0 Å². The summed E-state index contributed by atoms with van der Waals surface area (Å²) in [5.41, 5.74) is 3.50. The molecule has 0 bridgehead atoms. The summed E-state index contributed by atoms with van der Waals surface area (Å²) in [5.74, 6) is 1.42. The van der Waals surface area contributed by atoms with Gasteiger partial charge < -0.3 is 19.3 Å². The number of rotatable bonds is 2. The molecule has 1 fully saturated rings. The molecule has 0 saturated carbocycles. The third kappa shape index (κ3) is 1.79. The number of hydrogen-bond acceptors (Lipinski definition) is 6. The molecular weight excluding hydrogens is 298 g/mol. The maximum absolute atomic E-state index is 11.0. The van der Waals surface area contributed by atoms with Crippen LogP contribution >= 0.6 is 0 Å². The zero-order chi connectivity index (χ0) is 15.6. The second-order valence-electron chi connectivity index (χ2n) is 6.52. The van der Waals surface area contributed by atoms with Crippen molar-refractivity contribution in [1.29, 1.82) is 0 Å². The summed E-state index contributed by atoms with van der Waals surface area (Å²) in [6, 6.07) is 4.21. The normalized spacial score (nSPS) is 33.7. The zero-order valence-electron chi connectivity index (χ0n) is 12.5. The van der Waals surface area contributed by atoms with Crippen molar-refractivity contribution in [1.82, 2.24) is 4.90 Å². The molecule has 0 radical (unpaired) electrons. The molecule has 120 valence electrons. The maximum atomic E-state index is 11.0. The van der Waals surface area contributed by atoms with Gasteiger partial charge in [0.05, 0.1) is 0 Å². The zero-order valence-corrected chi connectivity index (χ0v) is 12.5. The Morgan fingerprint density at radius 1 is 1.30 bits per heavy atom. The fourth-order valence-electron chi connectivity index (χ4n) is 4.56. The highest BCUT2D eigenvalue weighted by Crippen LogP contribution is 2.50. The van der Waals surface area contributed by atoms with Crippen molar-refractivity contribution < 1.29 is 24.1 Å². The minimum Gasteiger partial charge on any atom is -0.461 e. The Morgan fingerprint density at radius 2 is 2.13 bits per heavy atom. The number of carbonyl (C=O) groups excluding carboxylic acids is 1. The van der Waals surface area contributed by atoms with Crippen LogP contribution < -0.4 is 9.47 Å². The Labute approximate surface area is 133 Å². The lowest BCUT2D eigenvalue weighted by atomic mass is 9.73. The highest BCUT2D eigenvalue weighted by atomic mass is 16.7. The third-order valence-corrected chi connectivity index (χ3v) is 5.46. The predicted octanol–water partition coefficient (Wildman–Crippen LogP) is 0.929. The molecule has 1 aromatic rings. The van der Waals surface area contributed by atoms with E-state index in [0.29, 0.717) is 6.47 Å². The second kappa shape index (κ2) is 4.72. The number of carbonyl (C=O) groups is 1. The Kier molecular flexibility index (Phi) is 2.75. The largest absolute Gasteiger partial charge is 0.461 e. The average Bonchev–Trinajstić information content (AvgIpc) is 3.15. The molecular formula is C17H17NO5. The first kappa shape index (κ1) is 13.4. The van der Waals surface area contributed by atoms with Gasteiger partial charge in [0.25, 0.3) is 6.47 Å². The predicted molar refractivity (Wildman–Crippen MR) is 79.1 cm³/mol. The molecule has 5 rings (SSSR count). The summed E-state index contributed by atoms with van der Waals surface area (Å²) in [4.78, 5) is 13.4. The van der Waals surface area contributed by atoms with Crippen LogP contribution in [-0.4, -0.2) is 48.1 Å². The summed E-state index contributed by atoms with van der Waals surface area (Å²) >= 11 is 0. The molecule has 0 aromatic heterocycles. The van der Waals surface area contributed by atoms with Gasteiger partial charge in [0.1, 0.15) is 12.2 Å². The number of fused-ring (bicyclic) bond motifs is 3. The summed E-state index contributed by atoms with van der Waals surface area (Å²) < 4.78 is 16.3. The summed E-state index contributed by atoms with van der Waals surface area (Å²) in [5, 5.41) is 10.4. The van der Waals surface area contributed by atoms with Gasteiger partial charge in [-0.1, -0.05) is 11.6 Å². The molecule has 6 heteroatoms. The van der Waals surface area contributed by atoms with Crippen LogP contribution in [0.25, 0.3) is 0 Å². The van der Waals surface area contributed by atoms with Gasteiger partial charge in [-0.3, -0.25) is 9.69 Å². The first-order valence-electron chi connectivity index (χ1n) is 7.90. The van der Waals surface area contributed by atoms with Gasteiger partial charge in [-0.2, -0.15) is 0 Å². The average molecular weight is 315 g/mol. The lowest BCUT2D eigenvalue weighted by Gasteiger charge is -2.45. The van der Waals surface area contributed by atoms with Crippen molar-refractivity contribution in [2.75, 3.05) is 13.3 Å². The molecule has 4 atom stereocenters. The van der Waals surface area contributed by atoms with Crippen LogP contribution in [0.4, 0.5) is 0 Å². The molecule has 6 nitrogen and oxygen atoms in total. The van der Waals surface area contributed by atoms with Crippen LogP contribution in [0.1, 0.15) is 23.5 Å². The highest BCUT2D eigenvalue weighted by Gasteiger charge is 2.50. The van der Waals surface area contributed by atoms with Crippen LogP contribution in [0, 0.1) is 0 Å². The smallest absolute Gasteiger partial charge is 0.293 e. The number of nitrogens with zero attached hydrogens (tertiary/aromatic N) is 1. The van der Waals surface area contributed by atoms with E-state index < -0.39 is 12.2 Å². The van der Waals surface area contributed by atoms with E-state index in [-0.39, 0.29) is 18.8 Å². The first-order chi connectivity index (χ1) is 11.3. The molecule has 1 aliphatic carbocycles. The fraction of sp³-hybridized carbons (Fsp3) is 0.471. The number of aliphatic hydroxyl groups excluding tert-OH is 1. The molecule has 3 heterocycles. The number of hydrogen-bond donors (Lipinski definition) is 1. The summed E-state index contributed by atoms with van der Waals surface area (Å²) in [6.45, 7) is 2.47. The summed E-state index contributed by atoms with van der Waals surface area (Å²) in [6.07, 6.45) is 1.48.